The van der Waals surface area contributed by atoms with E-state index in [2.05, 4.69) is 5.32 Å². The number of carbonyl (C=O) groups is 2. The molecule has 2 aromatic carbocycles. The maximum atomic E-state index is 13.3. The molecule has 4 rings (SSSR count). The van der Waals surface area contributed by atoms with E-state index in [1.807, 2.05) is 13.0 Å². The van der Waals surface area contributed by atoms with Crippen LogP contribution in [-0.2, 0) is 16.1 Å². The quantitative estimate of drug-likeness (QED) is 0.442. The Morgan fingerprint density at radius 1 is 1.06 bits per heavy atom. The Morgan fingerprint density at radius 3 is 2.52 bits per heavy atom. The van der Waals surface area contributed by atoms with Gasteiger partial charge in [0.2, 0.25) is 5.91 Å². The van der Waals surface area contributed by atoms with Crippen LogP contribution < -0.4 is 16.6 Å². The Morgan fingerprint density at radius 2 is 1.82 bits per heavy atom. The number of hydrogen-bond acceptors (Lipinski definition) is 6. The largest absolute Gasteiger partial charge is 0.462 e. The summed E-state index contributed by atoms with van der Waals surface area (Å²) < 4.78 is 7.72. The van der Waals surface area contributed by atoms with E-state index in [1.54, 1.807) is 60.8 Å². The molecule has 0 atom stereocenters. The highest BCUT2D eigenvalue weighted by Crippen LogP contribution is 2.17. The first kappa shape index (κ1) is 22.2. The molecule has 0 spiro atoms. The Labute approximate surface area is 192 Å². The van der Waals surface area contributed by atoms with E-state index in [0.717, 1.165) is 10.1 Å². The molecule has 0 saturated heterocycles. The van der Waals surface area contributed by atoms with Crippen molar-refractivity contribution in [1.82, 2.24) is 9.13 Å². The molecule has 0 aliphatic heterocycles. The van der Waals surface area contributed by atoms with Crippen LogP contribution in [0, 0.1) is 6.92 Å². The first-order valence-corrected chi connectivity index (χ1v) is 11.1. The molecular weight excluding hydrogens is 442 g/mol. The van der Waals surface area contributed by atoms with Gasteiger partial charge in [0.25, 0.3) is 5.56 Å². The number of fused-ring (bicyclic) bond motifs is 1. The van der Waals surface area contributed by atoms with Crippen molar-refractivity contribution in [3.8, 4) is 5.69 Å². The summed E-state index contributed by atoms with van der Waals surface area (Å²) >= 11 is 1.22. The van der Waals surface area contributed by atoms with Gasteiger partial charge in [0.05, 0.1) is 23.4 Å². The number of aryl methyl sites for hydroxylation is 1. The summed E-state index contributed by atoms with van der Waals surface area (Å²) in [4.78, 5) is 50.8. The van der Waals surface area contributed by atoms with Crippen molar-refractivity contribution in [3.05, 3.63) is 91.9 Å². The fourth-order valence-electron chi connectivity index (χ4n) is 3.48. The van der Waals surface area contributed by atoms with Crippen LogP contribution in [0.2, 0.25) is 0 Å². The third kappa shape index (κ3) is 4.49. The van der Waals surface area contributed by atoms with E-state index in [4.69, 9.17) is 4.74 Å². The highest BCUT2D eigenvalue weighted by Gasteiger charge is 2.18. The van der Waals surface area contributed by atoms with Gasteiger partial charge in [0.1, 0.15) is 11.2 Å². The maximum absolute atomic E-state index is 13.3. The Bertz CT molecular complexity index is 1460. The van der Waals surface area contributed by atoms with Crippen LogP contribution in [0.15, 0.2) is 69.6 Å². The van der Waals surface area contributed by atoms with E-state index in [0.29, 0.717) is 27.2 Å². The molecule has 0 radical (unpaired) electrons. The summed E-state index contributed by atoms with van der Waals surface area (Å²) in [6.07, 6.45) is 0. The van der Waals surface area contributed by atoms with E-state index < -0.39 is 23.1 Å². The molecule has 1 amide bonds. The highest BCUT2D eigenvalue weighted by atomic mass is 32.1. The molecule has 2 aromatic heterocycles. The molecule has 168 valence electrons. The van der Waals surface area contributed by atoms with Crippen LogP contribution in [0.1, 0.15) is 22.8 Å². The van der Waals surface area contributed by atoms with Gasteiger partial charge in [-0.2, -0.15) is 0 Å². The van der Waals surface area contributed by atoms with Crippen LogP contribution in [0.5, 0.6) is 0 Å². The van der Waals surface area contributed by atoms with Crippen molar-refractivity contribution in [3.63, 3.8) is 0 Å². The van der Waals surface area contributed by atoms with E-state index in [9.17, 15) is 19.2 Å². The molecule has 8 nitrogen and oxygen atoms in total. The van der Waals surface area contributed by atoms with E-state index in [1.165, 1.54) is 15.9 Å². The zero-order chi connectivity index (χ0) is 23.5. The zero-order valence-electron chi connectivity index (χ0n) is 18.0. The number of amides is 1. The van der Waals surface area contributed by atoms with Crippen molar-refractivity contribution in [2.75, 3.05) is 11.9 Å². The number of benzene rings is 2. The molecule has 0 aliphatic rings. The zero-order valence-corrected chi connectivity index (χ0v) is 18.8. The molecule has 0 bridgehead atoms. The van der Waals surface area contributed by atoms with E-state index >= 15 is 0 Å². The van der Waals surface area contributed by atoms with Crippen molar-refractivity contribution in [2.24, 2.45) is 0 Å². The van der Waals surface area contributed by atoms with Gasteiger partial charge in [0, 0.05) is 5.69 Å². The molecule has 4 aromatic rings. The second-order valence-corrected chi connectivity index (χ2v) is 8.25. The lowest BCUT2D eigenvalue weighted by molar-refractivity contribution is -0.116. The van der Waals surface area contributed by atoms with Crippen LogP contribution >= 0.6 is 11.3 Å². The molecule has 0 fully saturated rings. The van der Waals surface area contributed by atoms with E-state index in [-0.39, 0.29) is 13.2 Å². The Balaban J connectivity index is 1.66. The van der Waals surface area contributed by atoms with Crippen LogP contribution in [0.25, 0.3) is 15.9 Å². The van der Waals surface area contributed by atoms with Gasteiger partial charge in [-0.25, -0.2) is 14.2 Å². The van der Waals surface area contributed by atoms with Crippen molar-refractivity contribution >= 4 is 39.1 Å². The summed E-state index contributed by atoms with van der Waals surface area (Å²) in [7, 11) is 0. The smallest absolute Gasteiger partial charge is 0.338 e. The predicted octanol–water partition coefficient (Wildman–Crippen LogP) is 3.34. The molecule has 1 N–H and O–H groups in total. The van der Waals surface area contributed by atoms with Gasteiger partial charge >= 0.3 is 11.7 Å². The lowest BCUT2D eigenvalue weighted by Gasteiger charge is -2.13. The minimum Gasteiger partial charge on any atom is -0.462 e. The Hall–Kier alpha value is -3.98. The van der Waals surface area contributed by atoms with Gasteiger partial charge in [-0.1, -0.05) is 12.1 Å². The van der Waals surface area contributed by atoms with Gasteiger partial charge in [-0.15, -0.1) is 11.3 Å². The first-order chi connectivity index (χ1) is 15.9. The molecule has 0 unspecified atom stereocenters. The van der Waals surface area contributed by atoms with Crippen molar-refractivity contribution in [2.45, 2.75) is 20.4 Å². The minimum absolute atomic E-state index is 0.272. The monoisotopic (exact) mass is 463 g/mol. The first-order valence-electron chi connectivity index (χ1n) is 10.3. The van der Waals surface area contributed by atoms with Crippen LogP contribution in [-0.4, -0.2) is 27.6 Å². The normalized spacial score (nSPS) is 10.8. The molecule has 0 saturated carbocycles. The maximum Gasteiger partial charge on any atom is 0.338 e. The summed E-state index contributed by atoms with van der Waals surface area (Å²) in [5.41, 5.74) is 1.59. The number of nitrogens with one attached hydrogen (secondary N) is 1. The number of carbonyl (C=O) groups excluding carboxylic acids is 2. The number of hydrogen-bond donors (Lipinski definition) is 1. The summed E-state index contributed by atoms with van der Waals surface area (Å²) in [6.45, 7) is 3.59. The van der Waals surface area contributed by atoms with Gasteiger partial charge in [-0.05, 0) is 67.3 Å². The molecule has 33 heavy (non-hydrogen) atoms. The molecule has 9 heteroatoms. The van der Waals surface area contributed by atoms with Gasteiger partial charge in [0.15, 0.2) is 0 Å². The highest BCUT2D eigenvalue weighted by molar-refractivity contribution is 7.17. The third-order valence-electron chi connectivity index (χ3n) is 5.00. The fraction of sp³-hybridized carbons (Fsp3) is 0.167. The number of rotatable bonds is 6. The lowest BCUT2D eigenvalue weighted by Crippen LogP contribution is -2.40. The standard InChI is InChI=1S/C24H21N3O5S/c1-3-32-23(30)16-7-9-17(10-8-16)25-20(28)14-26-19-11-12-33-21(19)22(29)27(24(26)31)18-6-4-5-15(2)13-18/h4-13H,3,14H2,1-2H3,(H,25,28). The van der Waals surface area contributed by atoms with Crippen LogP contribution in [0.4, 0.5) is 5.69 Å². The Kier molecular flexibility index (Phi) is 6.23. The van der Waals surface area contributed by atoms with Gasteiger partial charge < -0.3 is 10.1 Å². The second kappa shape index (κ2) is 9.25. The van der Waals surface area contributed by atoms with Gasteiger partial charge in [-0.3, -0.25) is 14.2 Å². The summed E-state index contributed by atoms with van der Waals surface area (Å²) in [6, 6.07) is 15.0. The van der Waals surface area contributed by atoms with Crippen molar-refractivity contribution in [1.29, 1.82) is 0 Å². The molecule has 2 heterocycles. The SMILES string of the molecule is CCOC(=O)c1ccc(NC(=O)Cn2c(=O)n(-c3cccc(C)c3)c(=O)c3sccc32)cc1. The number of aromatic nitrogens is 2. The average Bonchev–Trinajstić information content (AvgIpc) is 3.28. The number of thiophene rings is 1. The van der Waals surface area contributed by atoms with Crippen LogP contribution in [0.3, 0.4) is 0 Å². The number of anilines is 1. The number of esters is 1. The lowest BCUT2D eigenvalue weighted by atomic mass is 10.2. The van der Waals surface area contributed by atoms with Crippen molar-refractivity contribution < 1.29 is 14.3 Å². The topological polar surface area (TPSA) is 99.4 Å². The molecular formula is C24H21N3O5S. The number of nitrogens with zero attached hydrogens (tertiary/aromatic N) is 2. The fourth-order valence-corrected chi connectivity index (χ4v) is 4.31. The number of ether oxygens (including phenoxy) is 1. The molecule has 0 aliphatic carbocycles. The summed E-state index contributed by atoms with van der Waals surface area (Å²) in [5.74, 6) is -0.886. The average molecular weight is 464 g/mol. The predicted molar refractivity (Wildman–Crippen MR) is 127 cm³/mol. The minimum atomic E-state index is -0.593. The second-order valence-electron chi connectivity index (χ2n) is 7.33. The summed E-state index contributed by atoms with van der Waals surface area (Å²) in [5, 5.41) is 4.44. The third-order valence-corrected chi connectivity index (χ3v) is 5.89.